The second-order valence-corrected chi connectivity index (χ2v) is 10.1. The Hall–Kier alpha value is -4.36. The number of carbonyl (C=O) groups is 1. The molecule has 3 aromatic carbocycles. The van der Waals surface area contributed by atoms with E-state index in [4.69, 9.17) is 15.0 Å². The summed E-state index contributed by atoms with van der Waals surface area (Å²) >= 11 is 0. The predicted molar refractivity (Wildman–Crippen MR) is 148 cm³/mol. The van der Waals surface area contributed by atoms with Crippen molar-refractivity contribution in [3.8, 4) is 0 Å². The van der Waals surface area contributed by atoms with Gasteiger partial charge in [0.05, 0.1) is 26.0 Å². The van der Waals surface area contributed by atoms with Gasteiger partial charge in [-0.25, -0.2) is 15.0 Å². The second-order valence-electron chi connectivity index (χ2n) is 10.1. The van der Waals surface area contributed by atoms with E-state index in [-0.39, 0.29) is 18.9 Å². The molecule has 2 aliphatic rings. The molecular formula is C31H29N5O2. The summed E-state index contributed by atoms with van der Waals surface area (Å²) in [7, 11) is 0. The number of carbonyl (C=O) groups excluding carboxylic acids is 1. The van der Waals surface area contributed by atoms with Crippen LogP contribution in [0.4, 0.5) is 5.82 Å². The van der Waals surface area contributed by atoms with Crippen LogP contribution in [-0.2, 0) is 29.9 Å². The van der Waals surface area contributed by atoms with E-state index in [1.54, 1.807) is 11.2 Å². The summed E-state index contributed by atoms with van der Waals surface area (Å²) in [6.07, 6.45) is 3.56. The monoisotopic (exact) mass is 503 g/mol. The fourth-order valence-corrected chi connectivity index (χ4v) is 5.38. The van der Waals surface area contributed by atoms with Crippen molar-refractivity contribution in [2.24, 2.45) is 9.98 Å². The average molecular weight is 504 g/mol. The number of rotatable bonds is 6. The van der Waals surface area contributed by atoms with E-state index < -0.39 is 5.41 Å². The molecule has 1 aromatic heterocycles. The van der Waals surface area contributed by atoms with Gasteiger partial charge in [0.25, 0.3) is 0 Å². The first kappa shape index (κ1) is 24.0. The largest absolute Gasteiger partial charge is 0.392 e. The Kier molecular flexibility index (Phi) is 6.00. The summed E-state index contributed by atoms with van der Waals surface area (Å²) in [4.78, 5) is 29.9. The predicted octanol–water partition coefficient (Wildman–Crippen LogP) is 4.83. The van der Waals surface area contributed by atoms with Crippen LogP contribution in [0.1, 0.15) is 45.5 Å². The number of hydrogen-bond acceptors (Lipinski definition) is 5. The molecule has 4 aromatic rings. The Labute approximate surface area is 221 Å². The highest BCUT2D eigenvalue weighted by molar-refractivity contribution is 6.16. The molecule has 0 aliphatic carbocycles. The number of fused-ring (bicyclic) bond motifs is 3. The van der Waals surface area contributed by atoms with E-state index in [2.05, 4.69) is 43.3 Å². The van der Waals surface area contributed by atoms with Crippen LogP contribution in [0, 0.1) is 13.8 Å². The van der Waals surface area contributed by atoms with Crippen molar-refractivity contribution in [1.82, 2.24) is 14.5 Å². The van der Waals surface area contributed by atoms with Crippen molar-refractivity contribution in [2.75, 3.05) is 0 Å². The molecule has 0 saturated carbocycles. The van der Waals surface area contributed by atoms with E-state index in [9.17, 15) is 9.90 Å². The first-order chi connectivity index (χ1) is 18.5. The standard InChI is InChI=1S/C31H29N5O2/c1-21-3-7-23(8-4-21)16-35-20-34-28-29(35)32-19-33-30-31(28,26-13-11-25(18-37)12-14-26)15-27(38)36(30)17-24-9-5-22(2)6-10-24/h3-14,19-20,37H,15-18H2,1-2H3. The fourth-order valence-electron chi connectivity index (χ4n) is 5.38. The van der Waals surface area contributed by atoms with Crippen molar-refractivity contribution < 1.29 is 9.90 Å². The van der Waals surface area contributed by atoms with Gasteiger partial charge in [-0.2, -0.15) is 0 Å². The number of aliphatic hydroxyl groups is 1. The smallest absolute Gasteiger partial charge is 0.230 e. The molecule has 1 amide bonds. The molecule has 0 spiro atoms. The third kappa shape index (κ3) is 4.05. The highest BCUT2D eigenvalue weighted by Gasteiger charge is 2.55. The topological polar surface area (TPSA) is 83.1 Å². The summed E-state index contributed by atoms with van der Waals surface area (Å²) in [5.74, 6) is 1.31. The number of likely N-dealkylation sites (tertiary alicyclic amines) is 1. The van der Waals surface area contributed by atoms with Crippen molar-refractivity contribution in [3.63, 3.8) is 0 Å². The molecule has 1 saturated heterocycles. The first-order valence-corrected chi connectivity index (χ1v) is 12.8. The SMILES string of the molecule is Cc1ccc(CN2C(=O)CC3(c4ccc(CO)cc4)C2=NC=Nc2c3ncn2Cc2ccc(C)cc2)cc1. The number of nitrogens with zero attached hydrogens (tertiary/aromatic N) is 5. The highest BCUT2D eigenvalue weighted by Crippen LogP contribution is 2.47. The Balaban J connectivity index is 1.47. The van der Waals surface area contributed by atoms with Gasteiger partial charge in [0.15, 0.2) is 5.82 Å². The molecule has 3 heterocycles. The van der Waals surface area contributed by atoms with Gasteiger partial charge in [-0.3, -0.25) is 9.69 Å². The van der Waals surface area contributed by atoms with Crippen molar-refractivity contribution >= 4 is 23.9 Å². The lowest BCUT2D eigenvalue weighted by Gasteiger charge is -2.29. The van der Waals surface area contributed by atoms with Crippen LogP contribution in [-0.4, -0.2) is 37.6 Å². The number of aliphatic imine (C=N–C) groups is 2. The van der Waals surface area contributed by atoms with Crippen LogP contribution in [0.15, 0.2) is 89.1 Å². The zero-order valence-corrected chi connectivity index (χ0v) is 21.5. The van der Waals surface area contributed by atoms with Crippen LogP contribution in [0.2, 0.25) is 0 Å². The minimum atomic E-state index is -0.889. The Morgan fingerprint density at radius 1 is 0.842 bits per heavy atom. The van der Waals surface area contributed by atoms with Gasteiger partial charge in [0.1, 0.15) is 23.3 Å². The molecule has 1 fully saturated rings. The number of aromatic nitrogens is 2. The molecule has 6 rings (SSSR count). The molecule has 38 heavy (non-hydrogen) atoms. The van der Waals surface area contributed by atoms with Gasteiger partial charge in [-0.15, -0.1) is 0 Å². The molecule has 1 atom stereocenters. The summed E-state index contributed by atoms with van der Waals surface area (Å²) in [5, 5.41) is 9.63. The third-order valence-electron chi connectivity index (χ3n) is 7.49. The number of aliphatic hydroxyl groups excluding tert-OH is 1. The Morgan fingerprint density at radius 2 is 1.45 bits per heavy atom. The lowest BCUT2D eigenvalue weighted by atomic mass is 9.75. The lowest BCUT2D eigenvalue weighted by Crippen LogP contribution is -2.39. The molecule has 0 bridgehead atoms. The van der Waals surface area contributed by atoms with E-state index in [0.29, 0.717) is 30.4 Å². The molecule has 2 aliphatic heterocycles. The van der Waals surface area contributed by atoms with Gasteiger partial charge in [-0.05, 0) is 36.1 Å². The molecule has 1 N–H and O–H groups in total. The number of amides is 1. The molecule has 0 radical (unpaired) electrons. The maximum atomic E-state index is 13.7. The van der Waals surface area contributed by atoms with Crippen LogP contribution < -0.4 is 0 Å². The fraction of sp³-hybridized carbons (Fsp3) is 0.226. The van der Waals surface area contributed by atoms with Crippen molar-refractivity contribution in [2.45, 2.75) is 45.4 Å². The number of benzene rings is 3. The van der Waals surface area contributed by atoms with Crippen LogP contribution in [0.3, 0.4) is 0 Å². The normalized spacial score (nSPS) is 18.2. The minimum Gasteiger partial charge on any atom is -0.392 e. The zero-order valence-electron chi connectivity index (χ0n) is 21.5. The summed E-state index contributed by atoms with van der Waals surface area (Å²) in [5.41, 5.74) is 6.08. The van der Waals surface area contributed by atoms with Gasteiger partial charge in [0.2, 0.25) is 5.91 Å². The Morgan fingerprint density at radius 3 is 2.08 bits per heavy atom. The van der Waals surface area contributed by atoms with Gasteiger partial charge in [0, 0.05) is 6.42 Å². The molecule has 190 valence electrons. The lowest BCUT2D eigenvalue weighted by molar-refractivity contribution is -0.126. The van der Waals surface area contributed by atoms with Crippen LogP contribution in [0.5, 0.6) is 0 Å². The number of aryl methyl sites for hydroxylation is 2. The number of imidazole rings is 1. The average Bonchev–Trinajstić information content (AvgIpc) is 3.40. The summed E-state index contributed by atoms with van der Waals surface area (Å²) in [6.45, 7) is 5.09. The van der Waals surface area contributed by atoms with Crippen LogP contribution >= 0.6 is 0 Å². The first-order valence-electron chi connectivity index (χ1n) is 12.8. The zero-order chi connectivity index (χ0) is 26.3. The minimum absolute atomic E-state index is 0.00936. The molecule has 7 heteroatoms. The van der Waals surface area contributed by atoms with Gasteiger partial charge < -0.3 is 9.67 Å². The van der Waals surface area contributed by atoms with Gasteiger partial charge in [-0.1, -0.05) is 83.9 Å². The van der Waals surface area contributed by atoms with E-state index in [1.807, 2.05) is 54.2 Å². The van der Waals surface area contributed by atoms with Gasteiger partial charge >= 0.3 is 0 Å². The summed E-state index contributed by atoms with van der Waals surface area (Å²) < 4.78 is 2.02. The molecule has 7 nitrogen and oxygen atoms in total. The quantitative estimate of drug-likeness (QED) is 0.409. The Bertz CT molecular complexity index is 1550. The van der Waals surface area contributed by atoms with Crippen LogP contribution in [0.25, 0.3) is 0 Å². The number of amidine groups is 1. The van der Waals surface area contributed by atoms with E-state index in [1.165, 1.54) is 11.1 Å². The van der Waals surface area contributed by atoms with E-state index in [0.717, 1.165) is 22.3 Å². The second kappa shape index (κ2) is 9.50. The number of hydrogen-bond donors (Lipinski definition) is 1. The maximum Gasteiger partial charge on any atom is 0.230 e. The maximum absolute atomic E-state index is 13.7. The highest BCUT2D eigenvalue weighted by atomic mass is 16.3. The van der Waals surface area contributed by atoms with Crippen molar-refractivity contribution in [3.05, 3.63) is 118 Å². The van der Waals surface area contributed by atoms with E-state index >= 15 is 0 Å². The van der Waals surface area contributed by atoms with Crippen molar-refractivity contribution in [1.29, 1.82) is 0 Å². The summed E-state index contributed by atoms with van der Waals surface area (Å²) in [6, 6.07) is 24.3. The molecular weight excluding hydrogens is 474 g/mol. The third-order valence-corrected chi connectivity index (χ3v) is 7.49. The molecule has 1 unspecified atom stereocenters.